The summed E-state index contributed by atoms with van der Waals surface area (Å²) in [5.41, 5.74) is -0.593. The molecule has 0 bridgehead atoms. The molecule has 1 fully saturated rings. The third-order valence-corrected chi connectivity index (χ3v) is 5.35. The number of amides is 1. The molecule has 1 saturated heterocycles. The SMILES string of the molecule is CC(=O)OC[C@H]1O[C@@H](n2ccc(NC(=O)c3ccccc3)nc2=O)[C@H](OC(C)=O)[C@@H](OC(C)=O)[C@@H]1OC(C)=O. The van der Waals surface area contributed by atoms with Gasteiger partial charge in [-0.25, -0.2) is 4.79 Å². The predicted octanol–water partition coefficient (Wildman–Crippen LogP) is 0.751. The van der Waals surface area contributed by atoms with Crippen LogP contribution >= 0.6 is 0 Å². The Morgan fingerprint density at radius 3 is 2.00 bits per heavy atom. The molecule has 0 unspecified atom stereocenters. The number of anilines is 1. The van der Waals surface area contributed by atoms with Crippen molar-refractivity contribution in [2.24, 2.45) is 0 Å². The van der Waals surface area contributed by atoms with Gasteiger partial charge < -0.3 is 29.0 Å². The van der Waals surface area contributed by atoms with Crippen LogP contribution in [0.3, 0.4) is 0 Å². The highest BCUT2D eigenvalue weighted by molar-refractivity contribution is 6.03. The topological polar surface area (TPSA) is 178 Å². The van der Waals surface area contributed by atoms with E-state index in [1.165, 1.54) is 12.3 Å². The van der Waals surface area contributed by atoms with Crippen molar-refractivity contribution in [2.75, 3.05) is 11.9 Å². The second kappa shape index (κ2) is 12.8. The minimum atomic E-state index is -1.49. The fourth-order valence-electron chi connectivity index (χ4n) is 3.88. The van der Waals surface area contributed by atoms with Crippen molar-refractivity contribution < 1.29 is 47.7 Å². The monoisotopic (exact) mass is 545 g/mol. The van der Waals surface area contributed by atoms with Gasteiger partial charge in [0.1, 0.15) is 18.5 Å². The second-order valence-corrected chi connectivity index (χ2v) is 8.41. The fraction of sp³-hybridized carbons (Fsp3) is 0.400. The maximum absolute atomic E-state index is 13.1. The predicted molar refractivity (Wildman–Crippen MR) is 130 cm³/mol. The third kappa shape index (κ3) is 7.70. The summed E-state index contributed by atoms with van der Waals surface area (Å²) in [4.78, 5) is 76.7. The van der Waals surface area contributed by atoms with Gasteiger partial charge in [-0.3, -0.25) is 28.5 Å². The molecule has 2 aromatic rings. The quantitative estimate of drug-likeness (QED) is 0.364. The van der Waals surface area contributed by atoms with E-state index in [0.29, 0.717) is 5.56 Å². The van der Waals surface area contributed by atoms with Gasteiger partial charge in [-0.05, 0) is 18.2 Å². The number of hydrogen-bond acceptors (Lipinski definition) is 12. The zero-order valence-electron chi connectivity index (χ0n) is 21.5. The number of rotatable bonds is 8. The van der Waals surface area contributed by atoms with Crippen LogP contribution < -0.4 is 11.0 Å². The first-order valence-electron chi connectivity index (χ1n) is 11.7. The molecular weight excluding hydrogens is 518 g/mol. The normalized spacial score (nSPS) is 22.2. The lowest BCUT2D eigenvalue weighted by atomic mass is 9.97. The molecule has 0 saturated carbocycles. The van der Waals surface area contributed by atoms with E-state index in [4.69, 9.17) is 23.7 Å². The van der Waals surface area contributed by atoms with E-state index in [9.17, 15) is 28.8 Å². The van der Waals surface area contributed by atoms with Gasteiger partial charge in [0.2, 0.25) is 0 Å². The Balaban J connectivity index is 2.01. The van der Waals surface area contributed by atoms with Gasteiger partial charge in [0.15, 0.2) is 24.5 Å². The van der Waals surface area contributed by atoms with Crippen LogP contribution in [0.15, 0.2) is 47.4 Å². The van der Waals surface area contributed by atoms with E-state index in [1.807, 2.05) is 0 Å². The average Bonchev–Trinajstić information content (AvgIpc) is 2.85. The van der Waals surface area contributed by atoms with Crippen LogP contribution in [-0.2, 0) is 42.9 Å². The molecule has 14 nitrogen and oxygen atoms in total. The summed E-state index contributed by atoms with van der Waals surface area (Å²) in [6, 6.07) is 9.54. The highest BCUT2D eigenvalue weighted by atomic mass is 16.7. The van der Waals surface area contributed by atoms with E-state index in [1.54, 1.807) is 30.3 Å². The number of nitrogens with zero attached hydrogens (tertiary/aromatic N) is 2. The summed E-state index contributed by atoms with van der Waals surface area (Å²) in [7, 11) is 0. The Kier molecular flexibility index (Phi) is 9.49. The molecule has 14 heteroatoms. The summed E-state index contributed by atoms with van der Waals surface area (Å²) < 4.78 is 28.0. The number of hydrogen-bond donors (Lipinski definition) is 1. The van der Waals surface area contributed by atoms with Crippen LogP contribution in [0.4, 0.5) is 5.82 Å². The first-order valence-corrected chi connectivity index (χ1v) is 11.7. The van der Waals surface area contributed by atoms with Crippen LogP contribution in [0.1, 0.15) is 44.3 Å². The Morgan fingerprint density at radius 2 is 1.44 bits per heavy atom. The van der Waals surface area contributed by atoms with Crippen LogP contribution in [0, 0.1) is 0 Å². The first kappa shape index (κ1) is 29.0. The largest absolute Gasteiger partial charge is 0.463 e. The smallest absolute Gasteiger partial charge is 0.351 e. The maximum atomic E-state index is 13.1. The lowest BCUT2D eigenvalue weighted by Gasteiger charge is -2.44. The van der Waals surface area contributed by atoms with Crippen LogP contribution in [0.5, 0.6) is 0 Å². The van der Waals surface area contributed by atoms with Crippen molar-refractivity contribution in [3.05, 3.63) is 58.6 Å². The highest BCUT2D eigenvalue weighted by Gasteiger charge is 2.53. The molecule has 39 heavy (non-hydrogen) atoms. The number of aromatic nitrogens is 2. The van der Waals surface area contributed by atoms with Gasteiger partial charge in [-0.15, -0.1) is 0 Å². The van der Waals surface area contributed by atoms with Crippen LogP contribution in [-0.4, -0.2) is 70.4 Å². The van der Waals surface area contributed by atoms with Crippen molar-refractivity contribution in [3.8, 4) is 0 Å². The minimum Gasteiger partial charge on any atom is -0.463 e. The third-order valence-electron chi connectivity index (χ3n) is 5.35. The Hall–Kier alpha value is -4.59. The number of nitrogens with one attached hydrogen (secondary N) is 1. The Bertz CT molecular complexity index is 1290. The summed E-state index contributed by atoms with van der Waals surface area (Å²) >= 11 is 0. The first-order chi connectivity index (χ1) is 18.5. The molecule has 1 aromatic carbocycles. The van der Waals surface area contributed by atoms with Crippen molar-refractivity contribution in [1.29, 1.82) is 0 Å². The molecule has 1 amide bonds. The minimum absolute atomic E-state index is 0.0734. The second-order valence-electron chi connectivity index (χ2n) is 8.41. The summed E-state index contributed by atoms with van der Waals surface area (Å²) in [6.45, 7) is 3.94. The number of carbonyl (C=O) groups is 5. The lowest BCUT2D eigenvalue weighted by molar-refractivity contribution is -0.269. The molecule has 2 heterocycles. The molecule has 0 radical (unpaired) electrons. The Morgan fingerprint density at radius 1 is 0.846 bits per heavy atom. The van der Waals surface area contributed by atoms with E-state index in [-0.39, 0.29) is 5.82 Å². The molecule has 1 N–H and O–H groups in total. The lowest BCUT2D eigenvalue weighted by Crippen LogP contribution is -2.61. The number of carbonyl (C=O) groups excluding carboxylic acids is 5. The van der Waals surface area contributed by atoms with Crippen LogP contribution in [0.2, 0.25) is 0 Å². The molecule has 208 valence electrons. The average molecular weight is 546 g/mol. The van der Waals surface area contributed by atoms with Gasteiger partial charge >= 0.3 is 29.6 Å². The number of ether oxygens (including phenoxy) is 5. The van der Waals surface area contributed by atoms with E-state index in [2.05, 4.69) is 10.3 Å². The molecular formula is C25H27N3O11. The number of benzene rings is 1. The Labute approximate surface area is 222 Å². The summed E-state index contributed by atoms with van der Waals surface area (Å²) in [5, 5.41) is 2.50. The summed E-state index contributed by atoms with van der Waals surface area (Å²) in [5.74, 6) is -3.68. The van der Waals surface area contributed by atoms with Gasteiger partial charge in [0, 0.05) is 39.5 Å². The fourth-order valence-corrected chi connectivity index (χ4v) is 3.88. The highest BCUT2D eigenvalue weighted by Crippen LogP contribution is 2.34. The zero-order chi connectivity index (χ0) is 28.7. The summed E-state index contributed by atoms with van der Waals surface area (Å²) in [6.07, 6.45) is -5.82. The van der Waals surface area contributed by atoms with E-state index >= 15 is 0 Å². The van der Waals surface area contributed by atoms with Gasteiger partial charge in [0.25, 0.3) is 5.91 Å². The van der Waals surface area contributed by atoms with Crippen molar-refractivity contribution in [3.63, 3.8) is 0 Å². The molecule has 0 aliphatic carbocycles. The molecule has 3 rings (SSSR count). The van der Waals surface area contributed by atoms with Crippen LogP contribution in [0.25, 0.3) is 0 Å². The van der Waals surface area contributed by atoms with Crippen molar-refractivity contribution in [1.82, 2.24) is 9.55 Å². The number of esters is 4. The molecule has 1 aliphatic rings. The molecule has 1 aromatic heterocycles. The standard InChI is InChI=1S/C25H27N3O11/c1-13(29)35-12-18-20(36-14(2)30)21(37-15(3)31)22(38-16(4)32)24(39-18)28-11-10-19(27-25(28)34)26-23(33)17-8-6-5-7-9-17/h5-11,18,20-22,24H,12H2,1-4H3,(H,26,27,33,34)/t18-,20-,21+,22-,24-/m1/s1. The molecule has 1 aliphatic heterocycles. The van der Waals surface area contributed by atoms with E-state index < -0.39 is 72.7 Å². The van der Waals surface area contributed by atoms with E-state index in [0.717, 1.165) is 32.3 Å². The molecule has 0 spiro atoms. The van der Waals surface area contributed by atoms with Gasteiger partial charge in [-0.2, -0.15) is 4.98 Å². The molecule has 5 atom stereocenters. The van der Waals surface area contributed by atoms with Crippen molar-refractivity contribution in [2.45, 2.75) is 58.3 Å². The zero-order valence-corrected chi connectivity index (χ0v) is 21.5. The van der Waals surface area contributed by atoms with Gasteiger partial charge in [-0.1, -0.05) is 18.2 Å². The maximum Gasteiger partial charge on any atom is 0.351 e. The van der Waals surface area contributed by atoms with Crippen molar-refractivity contribution >= 4 is 35.6 Å². The van der Waals surface area contributed by atoms with Gasteiger partial charge in [0.05, 0.1) is 0 Å².